The first kappa shape index (κ1) is 33.7. The van der Waals surface area contributed by atoms with Crippen LogP contribution in [0, 0.1) is 0 Å². The minimum absolute atomic E-state index is 0. The van der Waals surface area contributed by atoms with Crippen LogP contribution in [0.4, 0.5) is 0 Å². The first-order valence-electron chi connectivity index (χ1n) is 11.3. The van der Waals surface area contributed by atoms with Gasteiger partial charge in [0.15, 0.2) is 0 Å². The molecule has 0 rings (SSSR count). The van der Waals surface area contributed by atoms with Gasteiger partial charge in [0.1, 0.15) is 0 Å². The second kappa shape index (κ2) is 30.3. The number of hydrogen-bond acceptors (Lipinski definition) is 3. The van der Waals surface area contributed by atoms with E-state index in [4.69, 9.17) is 10.2 Å². The predicted molar refractivity (Wildman–Crippen MR) is 124 cm³/mol. The molecule has 170 valence electrons. The molecule has 0 fully saturated rings. The van der Waals surface area contributed by atoms with Gasteiger partial charge in [-0.2, -0.15) is 0 Å². The summed E-state index contributed by atoms with van der Waals surface area (Å²) in [6, 6.07) is 0. The van der Waals surface area contributed by atoms with Crippen molar-refractivity contribution < 1.29 is 50.8 Å². The molecule has 0 aromatic carbocycles. The van der Waals surface area contributed by atoms with Gasteiger partial charge >= 0.3 is 41.5 Å². The molecule has 0 aliphatic rings. The maximum Gasteiger partial charge on any atom is 1.00 e. The Morgan fingerprint density at radius 1 is 0.767 bits per heavy atom. The largest absolute Gasteiger partial charge is 1.00 e. The predicted octanol–water partition coefficient (Wildman–Crippen LogP) is 4.29. The van der Waals surface area contributed by atoms with Crippen LogP contribution in [0.1, 0.15) is 112 Å². The van der Waals surface area contributed by atoms with Crippen LogP contribution in [-0.2, 0) is 9.59 Å². The summed E-state index contributed by atoms with van der Waals surface area (Å²) in [5.41, 5.74) is 0. The maximum absolute atomic E-state index is 10.3. The van der Waals surface area contributed by atoms with Gasteiger partial charge in [0, 0.05) is 18.8 Å². The van der Waals surface area contributed by atoms with Crippen molar-refractivity contribution in [2.75, 3.05) is 0 Å². The topological polar surface area (TPSA) is 87.0 Å². The molecule has 0 unspecified atom stereocenters. The molecular weight excluding hydrogens is 389 g/mol. The van der Waals surface area contributed by atoms with Gasteiger partial charge in [-0.25, -0.2) is 0 Å². The van der Waals surface area contributed by atoms with Gasteiger partial charge in [-0.3, -0.25) is 14.6 Å². The number of carboxylic acids is 2. The molecule has 0 saturated heterocycles. The van der Waals surface area contributed by atoms with Crippen LogP contribution in [0.25, 0.3) is 0 Å². The zero-order valence-corrected chi connectivity index (χ0v) is 21.7. The molecule has 6 heteroatoms. The minimum atomic E-state index is -0.852. The zero-order chi connectivity index (χ0) is 22.0. The fourth-order valence-electron chi connectivity index (χ4n) is 2.57. The van der Waals surface area contributed by atoms with Gasteiger partial charge in [0.2, 0.25) is 0 Å². The Bertz CT molecular complexity index is 468. The van der Waals surface area contributed by atoms with Crippen molar-refractivity contribution >= 4 is 18.2 Å². The van der Waals surface area contributed by atoms with E-state index in [-0.39, 0.29) is 43.8 Å². The smallest absolute Gasteiger partial charge is 1.00 e. The van der Waals surface area contributed by atoms with Crippen molar-refractivity contribution in [1.82, 2.24) is 0 Å². The molecule has 0 aliphatic heterocycles. The molecule has 0 aromatic rings. The second-order valence-electron chi connectivity index (χ2n) is 7.12. The van der Waals surface area contributed by atoms with E-state index < -0.39 is 11.9 Å². The van der Waals surface area contributed by atoms with E-state index in [0.717, 1.165) is 6.42 Å². The number of unbranched alkanes of at least 4 members (excludes halogenated alkanes) is 12. The van der Waals surface area contributed by atoms with Crippen LogP contribution in [0.3, 0.4) is 0 Å². The summed E-state index contributed by atoms with van der Waals surface area (Å²) in [6.07, 6.45) is 26.9. The molecule has 0 spiro atoms. The van der Waals surface area contributed by atoms with Gasteiger partial charge in [-0.15, -0.1) is 0 Å². The summed E-state index contributed by atoms with van der Waals surface area (Å²) >= 11 is 0. The number of aliphatic imine (C=N–C) groups is 1. The SMILES string of the molecule is CCC(=O)O.CCCCCCCCCCCCCCC=CC=CN=CCC(=O)O.[H-].[Na+]. The Morgan fingerprint density at radius 3 is 1.67 bits per heavy atom. The first-order chi connectivity index (χ1) is 14.0. The number of aliphatic carboxylic acids is 2. The number of carboxylic acid groups (broad SMARTS) is 2. The molecule has 0 radical (unpaired) electrons. The van der Waals surface area contributed by atoms with Crippen molar-refractivity contribution in [3.8, 4) is 0 Å². The van der Waals surface area contributed by atoms with Crippen molar-refractivity contribution in [1.29, 1.82) is 0 Å². The second-order valence-corrected chi connectivity index (χ2v) is 7.12. The fraction of sp³-hybridized carbons (Fsp3) is 0.708. The summed E-state index contributed by atoms with van der Waals surface area (Å²) in [7, 11) is 0. The van der Waals surface area contributed by atoms with E-state index in [0.29, 0.717) is 0 Å². The van der Waals surface area contributed by atoms with Crippen LogP contribution >= 0.6 is 0 Å². The zero-order valence-electron chi connectivity index (χ0n) is 20.7. The van der Waals surface area contributed by atoms with Crippen LogP contribution in [-0.4, -0.2) is 28.4 Å². The van der Waals surface area contributed by atoms with E-state index in [1.165, 1.54) is 83.3 Å². The van der Waals surface area contributed by atoms with Crippen LogP contribution in [0.2, 0.25) is 0 Å². The average molecular weight is 434 g/mol. The van der Waals surface area contributed by atoms with Gasteiger partial charge in [0.05, 0.1) is 6.42 Å². The van der Waals surface area contributed by atoms with Crippen molar-refractivity contribution in [3.63, 3.8) is 0 Å². The van der Waals surface area contributed by atoms with Crippen LogP contribution in [0.5, 0.6) is 0 Å². The summed E-state index contributed by atoms with van der Waals surface area (Å²) in [5.74, 6) is -1.60. The number of allylic oxidation sites excluding steroid dienone is 3. The third-order valence-electron chi connectivity index (χ3n) is 4.32. The van der Waals surface area contributed by atoms with Crippen LogP contribution < -0.4 is 29.6 Å². The Balaban J connectivity index is -0.000000464. The van der Waals surface area contributed by atoms with E-state index in [1.807, 2.05) is 12.2 Å². The molecule has 0 aliphatic carbocycles. The fourth-order valence-corrected chi connectivity index (χ4v) is 2.57. The quantitative estimate of drug-likeness (QED) is 0.146. The first-order valence-corrected chi connectivity index (χ1v) is 11.3. The molecular formula is C24H44NNaO4. The number of hydrogen-bond donors (Lipinski definition) is 2. The minimum Gasteiger partial charge on any atom is -1.00 e. The third kappa shape index (κ3) is 37.8. The monoisotopic (exact) mass is 433 g/mol. The van der Waals surface area contributed by atoms with Gasteiger partial charge in [-0.1, -0.05) is 96.6 Å². The Morgan fingerprint density at radius 2 is 1.23 bits per heavy atom. The Hall–Kier alpha value is -0.910. The normalized spacial score (nSPS) is 10.9. The van der Waals surface area contributed by atoms with Crippen molar-refractivity contribution in [2.45, 2.75) is 110 Å². The number of carbonyl (C=O) groups is 2. The summed E-state index contributed by atoms with van der Waals surface area (Å²) < 4.78 is 0. The summed E-state index contributed by atoms with van der Waals surface area (Å²) in [6.45, 7) is 3.87. The standard InChI is InChI=1S/C21H37NO2.C3H6O2.Na.H/c1-2-3-4-5-6-7-8-9-10-11-12-13-14-15-16-17-19-22-20-18-21(23)24;1-2-3(4)5;;/h15-17,19-20H,2-14,18H2,1H3,(H,23,24);2H2,1H3,(H,4,5);;/q;;+1;-1. The molecule has 0 saturated carbocycles. The van der Waals surface area contributed by atoms with E-state index in [2.05, 4.69) is 18.0 Å². The average Bonchev–Trinajstić information content (AvgIpc) is 2.70. The molecule has 0 atom stereocenters. The van der Waals surface area contributed by atoms with Gasteiger partial charge < -0.3 is 11.6 Å². The van der Waals surface area contributed by atoms with Crippen LogP contribution in [0.15, 0.2) is 29.4 Å². The van der Waals surface area contributed by atoms with E-state index in [9.17, 15) is 9.59 Å². The summed E-state index contributed by atoms with van der Waals surface area (Å²) in [5, 5.41) is 16.1. The molecule has 0 amide bonds. The Kier molecular flexibility index (Phi) is 34.0. The maximum atomic E-state index is 10.3. The number of nitrogens with zero attached hydrogens (tertiary/aromatic N) is 1. The molecule has 2 N–H and O–H groups in total. The Labute approximate surface area is 207 Å². The molecule has 0 heterocycles. The van der Waals surface area contributed by atoms with Crippen molar-refractivity contribution in [2.24, 2.45) is 4.99 Å². The molecule has 0 bridgehead atoms. The molecule has 0 aromatic heterocycles. The van der Waals surface area contributed by atoms with E-state index >= 15 is 0 Å². The third-order valence-corrected chi connectivity index (χ3v) is 4.32. The summed E-state index contributed by atoms with van der Waals surface area (Å²) in [4.78, 5) is 23.5. The van der Waals surface area contributed by atoms with Crippen molar-refractivity contribution in [3.05, 3.63) is 24.4 Å². The molecule has 5 nitrogen and oxygen atoms in total. The number of rotatable bonds is 18. The van der Waals surface area contributed by atoms with Gasteiger partial charge in [0.25, 0.3) is 0 Å². The molecule has 30 heavy (non-hydrogen) atoms. The van der Waals surface area contributed by atoms with E-state index in [1.54, 1.807) is 13.1 Å². The van der Waals surface area contributed by atoms with Gasteiger partial charge in [-0.05, 0) is 18.9 Å².